The Morgan fingerprint density at radius 1 is 1.17 bits per heavy atom. The number of imidazole rings is 1. The number of aromatic carboxylic acids is 1. The molecule has 2 aliphatic heterocycles. The van der Waals surface area contributed by atoms with Crippen LogP contribution < -0.4 is 9.47 Å². The molecule has 2 aromatic heterocycles. The molecule has 4 heterocycles. The maximum atomic E-state index is 12.0. The van der Waals surface area contributed by atoms with Crippen molar-refractivity contribution in [3.8, 4) is 17.7 Å². The highest BCUT2D eigenvalue weighted by atomic mass is 16.5. The minimum absolute atomic E-state index is 0.0669. The Morgan fingerprint density at radius 2 is 2.04 bits per heavy atom. The van der Waals surface area contributed by atoms with Crippen LogP contribution in [0.2, 0.25) is 0 Å². The molecular weight excluding hydrogens is 582 g/mol. The lowest BCUT2D eigenvalue weighted by Gasteiger charge is -2.32. The summed E-state index contributed by atoms with van der Waals surface area (Å²) in [6, 6.07) is 17.2. The van der Waals surface area contributed by atoms with E-state index in [2.05, 4.69) is 21.6 Å². The van der Waals surface area contributed by atoms with E-state index in [0.29, 0.717) is 47.7 Å². The Labute approximate surface area is 267 Å². The number of hydrogen-bond donors (Lipinski definition) is 1. The summed E-state index contributed by atoms with van der Waals surface area (Å²) in [6.45, 7) is 4.41. The molecule has 8 rings (SSSR count). The van der Waals surface area contributed by atoms with Gasteiger partial charge in [-0.1, -0.05) is 12.1 Å². The van der Waals surface area contributed by atoms with Crippen molar-refractivity contribution in [2.45, 2.75) is 69.2 Å². The van der Waals surface area contributed by atoms with Gasteiger partial charge in [-0.05, 0) is 86.4 Å². The molecule has 3 atom stereocenters. The van der Waals surface area contributed by atoms with Gasteiger partial charge in [0.15, 0.2) is 0 Å². The van der Waals surface area contributed by atoms with Gasteiger partial charge in [0.2, 0.25) is 5.88 Å². The quantitative estimate of drug-likeness (QED) is 0.235. The number of carboxylic acids is 1. The molecule has 46 heavy (non-hydrogen) atoms. The minimum atomic E-state index is -0.892. The first-order chi connectivity index (χ1) is 22.4. The standard InChI is InChI=1S/C36H37N5O5/c1-44-30-13-22(17-37)5-6-24(30)21-46-33-4-2-3-31(38-33)36-10-11-40(18-26(36)16-36)20-32-39-34-28(23-7-8-23)14-25(35(42)43)15-29(34)41(32)19-27-9-12-45-27/h2-6,13-15,23,26-27H,7-12,16,18-21H2,1H3,(H,42,43)/t26?,27-,36?/m0/s1. The van der Waals surface area contributed by atoms with Crippen LogP contribution in [0.4, 0.5) is 0 Å². The van der Waals surface area contributed by atoms with Crippen LogP contribution in [0.5, 0.6) is 11.6 Å². The molecule has 1 N–H and O–H groups in total. The van der Waals surface area contributed by atoms with Gasteiger partial charge in [0.05, 0.1) is 60.2 Å². The van der Waals surface area contributed by atoms with Crippen LogP contribution in [0.1, 0.15) is 76.6 Å². The Morgan fingerprint density at radius 3 is 2.76 bits per heavy atom. The second-order valence-electron chi connectivity index (χ2n) is 13.3. The molecule has 0 radical (unpaired) electrons. The van der Waals surface area contributed by atoms with Crippen molar-refractivity contribution in [2.24, 2.45) is 5.92 Å². The smallest absolute Gasteiger partial charge is 0.335 e. The van der Waals surface area contributed by atoms with Gasteiger partial charge in [0.25, 0.3) is 0 Å². The molecule has 0 spiro atoms. The molecule has 2 aliphatic carbocycles. The zero-order valence-electron chi connectivity index (χ0n) is 25.9. The minimum Gasteiger partial charge on any atom is -0.496 e. The fourth-order valence-corrected chi connectivity index (χ4v) is 7.41. The summed E-state index contributed by atoms with van der Waals surface area (Å²) in [5, 5.41) is 19.1. The van der Waals surface area contributed by atoms with Crippen LogP contribution in [0.25, 0.3) is 11.0 Å². The molecule has 4 aromatic rings. The average molecular weight is 620 g/mol. The first-order valence-corrected chi connectivity index (χ1v) is 16.2. The zero-order valence-corrected chi connectivity index (χ0v) is 25.9. The number of pyridine rings is 1. The van der Waals surface area contributed by atoms with Crippen molar-refractivity contribution < 1.29 is 24.1 Å². The Balaban J connectivity index is 0.987. The fourth-order valence-electron chi connectivity index (χ4n) is 7.41. The normalized spacial score (nSPS) is 23.7. The number of methoxy groups -OCH3 is 1. The molecule has 10 nitrogen and oxygen atoms in total. The number of likely N-dealkylation sites (tertiary alicyclic amines) is 1. The highest BCUT2D eigenvalue weighted by molar-refractivity contribution is 5.94. The van der Waals surface area contributed by atoms with Crippen LogP contribution in [0, 0.1) is 17.2 Å². The van der Waals surface area contributed by atoms with Crippen molar-refractivity contribution in [3.05, 3.63) is 82.3 Å². The summed E-state index contributed by atoms with van der Waals surface area (Å²) in [5.41, 5.74) is 5.86. The van der Waals surface area contributed by atoms with E-state index in [-0.39, 0.29) is 11.5 Å². The van der Waals surface area contributed by atoms with Gasteiger partial charge < -0.3 is 23.9 Å². The molecule has 236 valence electrons. The predicted octanol–water partition coefficient (Wildman–Crippen LogP) is 5.42. The summed E-state index contributed by atoms with van der Waals surface area (Å²) in [7, 11) is 1.59. The van der Waals surface area contributed by atoms with E-state index in [1.54, 1.807) is 25.3 Å². The predicted molar refractivity (Wildman–Crippen MR) is 169 cm³/mol. The Hall–Kier alpha value is -4.46. The fraction of sp³-hybridized carbons (Fsp3) is 0.444. The molecule has 2 unspecified atom stereocenters. The third-order valence-corrected chi connectivity index (χ3v) is 10.4. The number of aromatic nitrogens is 3. The maximum absolute atomic E-state index is 12.0. The number of carbonyl (C=O) groups is 1. The van der Waals surface area contributed by atoms with Gasteiger partial charge in [0, 0.05) is 30.2 Å². The van der Waals surface area contributed by atoms with Crippen molar-refractivity contribution in [1.29, 1.82) is 5.26 Å². The van der Waals surface area contributed by atoms with Crippen molar-refractivity contribution in [3.63, 3.8) is 0 Å². The van der Waals surface area contributed by atoms with E-state index in [9.17, 15) is 15.2 Å². The van der Waals surface area contributed by atoms with Crippen molar-refractivity contribution >= 4 is 17.0 Å². The van der Waals surface area contributed by atoms with Gasteiger partial charge >= 0.3 is 5.97 Å². The van der Waals surface area contributed by atoms with E-state index in [0.717, 1.165) is 92.0 Å². The number of ether oxygens (including phenoxy) is 3. The average Bonchev–Trinajstić information content (AvgIpc) is 3.98. The van der Waals surface area contributed by atoms with Crippen molar-refractivity contribution in [2.75, 3.05) is 26.8 Å². The lowest BCUT2D eigenvalue weighted by molar-refractivity contribution is -0.0592. The summed E-state index contributed by atoms with van der Waals surface area (Å²) in [6.07, 6.45) is 5.45. The van der Waals surface area contributed by atoms with Gasteiger partial charge in [0.1, 0.15) is 18.2 Å². The van der Waals surface area contributed by atoms with Gasteiger partial charge in [-0.15, -0.1) is 0 Å². The van der Waals surface area contributed by atoms with E-state index in [1.807, 2.05) is 24.3 Å². The topological polar surface area (TPSA) is 123 Å². The van der Waals surface area contributed by atoms with Crippen molar-refractivity contribution in [1.82, 2.24) is 19.4 Å². The Kier molecular flexibility index (Phi) is 7.19. The molecule has 0 bridgehead atoms. The highest BCUT2D eigenvalue weighted by Gasteiger charge is 2.58. The van der Waals surface area contributed by atoms with E-state index < -0.39 is 5.97 Å². The third kappa shape index (κ3) is 5.27. The molecule has 2 saturated carbocycles. The number of carboxylic acid groups (broad SMARTS) is 1. The molecule has 2 aromatic carbocycles. The van der Waals surface area contributed by atoms with Crippen LogP contribution in [0.15, 0.2) is 48.5 Å². The number of fused-ring (bicyclic) bond motifs is 2. The molecular formula is C36H37N5O5. The summed E-state index contributed by atoms with van der Waals surface area (Å²) in [5.74, 6) is 2.23. The van der Waals surface area contributed by atoms with Crippen LogP contribution >= 0.6 is 0 Å². The monoisotopic (exact) mass is 619 g/mol. The number of rotatable bonds is 11. The van der Waals surface area contributed by atoms with Crippen LogP contribution in [-0.4, -0.2) is 63.4 Å². The summed E-state index contributed by atoms with van der Waals surface area (Å²) < 4.78 is 19.6. The summed E-state index contributed by atoms with van der Waals surface area (Å²) >= 11 is 0. The number of benzene rings is 2. The molecule has 2 saturated heterocycles. The van der Waals surface area contributed by atoms with E-state index in [1.165, 1.54) is 0 Å². The van der Waals surface area contributed by atoms with Gasteiger partial charge in [-0.25, -0.2) is 14.8 Å². The molecule has 4 aliphatic rings. The van der Waals surface area contributed by atoms with Gasteiger partial charge in [-0.3, -0.25) is 4.90 Å². The molecule has 10 heteroatoms. The van der Waals surface area contributed by atoms with Crippen LogP contribution in [-0.2, 0) is 29.8 Å². The third-order valence-electron chi connectivity index (χ3n) is 10.4. The summed E-state index contributed by atoms with van der Waals surface area (Å²) in [4.78, 5) is 24.7. The Bertz CT molecular complexity index is 1870. The SMILES string of the molecule is COc1cc(C#N)ccc1COc1cccc(C23CCN(Cc4nc5c(C6CC6)cc(C(=O)O)cc5n4C[C@@H]4CCO4)CC2C3)n1. The number of hydrogen-bond acceptors (Lipinski definition) is 8. The second-order valence-corrected chi connectivity index (χ2v) is 13.3. The van der Waals surface area contributed by atoms with E-state index >= 15 is 0 Å². The first-order valence-electron chi connectivity index (χ1n) is 16.2. The largest absolute Gasteiger partial charge is 0.496 e. The lowest BCUT2D eigenvalue weighted by atomic mass is 9.91. The molecule has 0 amide bonds. The first kappa shape index (κ1) is 29.0. The zero-order chi connectivity index (χ0) is 31.4. The maximum Gasteiger partial charge on any atom is 0.335 e. The number of nitriles is 1. The number of piperidine rings is 1. The van der Waals surface area contributed by atoms with Crippen LogP contribution in [0.3, 0.4) is 0 Å². The highest BCUT2D eigenvalue weighted by Crippen LogP contribution is 2.59. The van der Waals surface area contributed by atoms with Gasteiger partial charge in [-0.2, -0.15) is 5.26 Å². The lowest BCUT2D eigenvalue weighted by Crippen LogP contribution is -2.37. The number of nitrogens with zero attached hydrogens (tertiary/aromatic N) is 5. The second kappa shape index (κ2) is 11.4. The molecule has 4 fully saturated rings. The van der Waals surface area contributed by atoms with E-state index in [4.69, 9.17) is 24.2 Å².